The summed E-state index contributed by atoms with van der Waals surface area (Å²) in [7, 11) is 0. The van der Waals surface area contributed by atoms with Crippen molar-refractivity contribution in [3.05, 3.63) is 76.4 Å². The van der Waals surface area contributed by atoms with Crippen LogP contribution >= 0.6 is 15.9 Å². The number of fused-ring (bicyclic) bond motifs is 1. The lowest BCUT2D eigenvalue weighted by atomic mass is 9.99. The Bertz CT molecular complexity index is 738. The lowest BCUT2D eigenvalue weighted by Gasteiger charge is -2.19. The van der Waals surface area contributed by atoms with Gasteiger partial charge < -0.3 is 5.32 Å². The summed E-state index contributed by atoms with van der Waals surface area (Å²) in [5.74, 6) is 0. The van der Waals surface area contributed by atoms with E-state index in [1.54, 1.807) is 0 Å². The van der Waals surface area contributed by atoms with Crippen molar-refractivity contribution in [3.8, 4) is 0 Å². The van der Waals surface area contributed by atoms with E-state index in [-0.39, 0.29) is 6.04 Å². The number of nitrogens with one attached hydrogen (secondary N) is 1. The molecule has 3 heteroatoms. The van der Waals surface area contributed by atoms with Crippen molar-refractivity contribution in [2.24, 2.45) is 0 Å². The van der Waals surface area contributed by atoms with Crippen molar-refractivity contribution in [2.75, 3.05) is 6.54 Å². The maximum absolute atomic E-state index is 4.58. The summed E-state index contributed by atoms with van der Waals surface area (Å²) >= 11 is 3.49. The first-order valence-corrected chi connectivity index (χ1v) is 7.91. The van der Waals surface area contributed by atoms with Gasteiger partial charge in [-0.15, -0.1) is 0 Å². The number of aromatic nitrogens is 1. The van der Waals surface area contributed by atoms with E-state index in [1.807, 2.05) is 18.3 Å². The van der Waals surface area contributed by atoms with Crippen LogP contribution in [-0.2, 0) is 0 Å². The van der Waals surface area contributed by atoms with Crippen LogP contribution in [0.4, 0.5) is 0 Å². The molecule has 1 unspecified atom stereocenters. The average Bonchev–Trinajstić information content (AvgIpc) is 2.53. The minimum Gasteiger partial charge on any atom is -0.306 e. The van der Waals surface area contributed by atoms with E-state index in [2.05, 4.69) is 75.6 Å². The number of hydrogen-bond acceptors (Lipinski definition) is 2. The number of rotatable bonds is 4. The van der Waals surface area contributed by atoms with Crippen molar-refractivity contribution in [2.45, 2.75) is 13.0 Å². The van der Waals surface area contributed by atoms with Crippen molar-refractivity contribution >= 4 is 26.8 Å². The predicted molar refractivity (Wildman–Crippen MR) is 91.4 cm³/mol. The van der Waals surface area contributed by atoms with Gasteiger partial charge in [0, 0.05) is 16.1 Å². The molecule has 0 saturated heterocycles. The van der Waals surface area contributed by atoms with Gasteiger partial charge in [-0.3, -0.25) is 4.98 Å². The zero-order chi connectivity index (χ0) is 14.7. The molecule has 2 nitrogen and oxygen atoms in total. The third-order valence-corrected chi connectivity index (χ3v) is 4.09. The van der Waals surface area contributed by atoms with Crippen LogP contribution in [0.25, 0.3) is 10.9 Å². The number of pyridine rings is 1. The molecule has 0 radical (unpaired) electrons. The molecule has 0 aliphatic carbocycles. The summed E-state index contributed by atoms with van der Waals surface area (Å²) in [6, 6.07) is 19.1. The molecule has 106 valence electrons. The smallest absolute Gasteiger partial charge is 0.0702 e. The fraction of sp³-hybridized carbons (Fsp3) is 0.167. The molecule has 1 heterocycles. The lowest BCUT2D eigenvalue weighted by molar-refractivity contribution is 0.629. The van der Waals surface area contributed by atoms with Gasteiger partial charge in [-0.1, -0.05) is 53.2 Å². The Morgan fingerprint density at radius 2 is 1.81 bits per heavy atom. The fourth-order valence-electron chi connectivity index (χ4n) is 2.53. The Kier molecular flexibility index (Phi) is 4.32. The third-order valence-electron chi connectivity index (χ3n) is 3.56. The summed E-state index contributed by atoms with van der Waals surface area (Å²) in [6.45, 7) is 3.04. The molecule has 0 amide bonds. The number of hydrogen-bond donors (Lipinski definition) is 1. The predicted octanol–water partition coefficient (Wildman–Crippen LogP) is 4.70. The first-order chi connectivity index (χ1) is 10.3. The minimum absolute atomic E-state index is 0.167. The largest absolute Gasteiger partial charge is 0.306 e. The van der Waals surface area contributed by atoms with E-state index in [4.69, 9.17) is 0 Å². The second-order valence-electron chi connectivity index (χ2n) is 5.00. The summed E-state index contributed by atoms with van der Waals surface area (Å²) in [5, 5.41) is 4.72. The van der Waals surface area contributed by atoms with Crippen LogP contribution in [0.5, 0.6) is 0 Å². The molecule has 0 fully saturated rings. The van der Waals surface area contributed by atoms with Gasteiger partial charge in [0.25, 0.3) is 0 Å². The van der Waals surface area contributed by atoms with Crippen LogP contribution in [-0.4, -0.2) is 11.5 Å². The number of para-hydroxylation sites is 1. The molecule has 1 aromatic heterocycles. The summed E-state index contributed by atoms with van der Waals surface area (Å²) in [4.78, 5) is 4.58. The standard InChI is InChI=1S/C18H17BrN2/c1-2-20-18(13-7-9-16(19)10-8-13)15-11-14-5-3-4-6-17(14)21-12-15/h3-12,18,20H,2H2,1H3. The van der Waals surface area contributed by atoms with Gasteiger partial charge in [-0.25, -0.2) is 0 Å². The molecule has 0 aliphatic rings. The third kappa shape index (κ3) is 3.14. The SMILES string of the molecule is CCNC(c1ccc(Br)cc1)c1cnc2ccccc2c1. The van der Waals surface area contributed by atoms with Crippen molar-refractivity contribution in [3.63, 3.8) is 0 Å². The van der Waals surface area contributed by atoms with Crippen LogP contribution < -0.4 is 5.32 Å². The summed E-state index contributed by atoms with van der Waals surface area (Å²) in [5.41, 5.74) is 3.47. The molecule has 1 N–H and O–H groups in total. The average molecular weight is 341 g/mol. The second kappa shape index (κ2) is 6.37. The molecule has 3 rings (SSSR count). The van der Waals surface area contributed by atoms with Crippen LogP contribution in [0.2, 0.25) is 0 Å². The zero-order valence-electron chi connectivity index (χ0n) is 11.9. The van der Waals surface area contributed by atoms with Crippen molar-refractivity contribution in [1.82, 2.24) is 10.3 Å². The Morgan fingerprint density at radius 1 is 1.05 bits per heavy atom. The van der Waals surface area contributed by atoms with Crippen LogP contribution in [0.1, 0.15) is 24.1 Å². The highest BCUT2D eigenvalue weighted by molar-refractivity contribution is 9.10. The van der Waals surface area contributed by atoms with Crippen molar-refractivity contribution < 1.29 is 0 Å². The monoisotopic (exact) mass is 340 g/mol. The van der Waals surface area contributed by atoms with E-state index >= 15 is 0 Å². The quantitative estimate of drug-likeness (QED) is 0.744. The van der Waals surface area contributed by atoms with E-state index in [9.17, 15) is 0 Å². The fourth-order valence-corrected chi connectivity index (χ4v) is 2.80. The Labute approximate surface area is 133 Å². The molecular weight excluding hydrogens is 324 g/mol. The van der Waals surface area contributed by atoms with Gasteiger partial charge in [-0.05, 0) is 41.9 Å². The van der Waals surface area contributed by atoms with Gasteiger partial charge in [0.05, 0.1) is 11.6 Å². The molecule has 21 heavy (non-hydrogen) atoms. The molecule has 0 saturated carbocycles. The molecule has 2 aromatic carbocycles. The Balaban J connectivity index is 2.04. The number of benzene rings is 2. The normalized spacial score (nSPS) is 12.5. The highest BCUT2D eigenvalue weighted by Crippen LogP contribution is 2.25. The first kappa shape index (κ1) is 14.2. The summed E-state index contributed by atoms with van der Waals surface area (Å²) in [6.07, 6.45) is 1.97. The first-order valence-electron chi connectivity index (χ1n) is 7.11. The van der Waals surface area contributed by atoms with E-state index in [1.165, 1.54) is 16.5 Å². The van der Waals surface area contributed by atoms with Crippen molar-refractivity contribution in [1.29, 1.82) is 0 Å². The van der Waals surface area contributed by atoms with E-state index < -0.39 is 0 Å². The Hall–Kier alpha value is -1.71. The zero-order valence-corrected chi connectivity index (χ0v) is 13.5. The summed E-state index contributed by atoms with van der Waals surface area (Å²) < 4.78 is 1.10. The van der Waals surface area contributed by atoms with Gasteiger partial charge in [-0.2, -0.15) is 0 Å². The highest BCUT2D eigenvalue weighted by atomic mass is 79.9. The molecule has 0 spiro atoms. The van der Waals surface area contributed by atoms with Crippen LogP contribution in [0.3, 0.4) is 0 Å². The minimum atomic E-state index is 0.167. The Morgan fingerprint density at radius 3 is 2.57 bits per heavy atom. The van der Waals surface area contributed by atoms with E-state index in [0.29, 0.717) is 0 Å². The van der Waals surface area contributed by atoms with Gasteiger partial charge >= 0.3 is 0 Å². The molecule has 0 aliphatic heterocycles. The molecule has 1 atom stereocenters. The van der Waals surface area contributed by atoms with Gasteiger partial charge in [0.1, 0.15) is 0 Å². The molecule has 3 aromatic rings. The van der Waals surface area contributed by atoms with Crippen LogP contribution in [0, 0.1) is 0 Å². The van der Waals surface area contributed by atoms with Crippen LogP contribution in [0.15, 0.2) is 65.3 Å². The number of halogens is 1. The maximum atomic E-state index is 4.58. The van der Waals surface area contributed by atoms with Gasteiger partial charge in [0.2, 0.25) is 0 Å². The molecule has 0 bridgehead atoms. The topological polar surface area (TPSA) is 24.9 Å². The van der Waals surface area contributed by atoms with E-state index in [0.717, 1.165) is 16.5 Å². The number of nitrogens with zero attached hydrogens (tertiary/aromatic N) is 1. The molecular formula is C18H17BrN2. The maximum Gasteiger partial charge on any atom is 0.0702 e. The van der Waals surface area contributed by atoms with Gasteiger partial charge in [0.15, 0.2) is 0 Å². The lowest BCUT2D eigenvalue weighted by Crippen LogP contribution is -2.22. The second-order valence-corrected chi connectivity index (χ2v) is 5.92. The highest BCUT2D eigenvalue weighted by Gasteiger charge is 2.13.